The maximum atomic E-state index is 12.2. The molecule has 1 aliphatic heterocycles. The molecule has 1 aliphatic rings. The van der Waals surface area contributed by atoms with Gasteiger partial charge in [0, 0.05) is 32.7 Å². The molecule has 2 N–H and O–H groups in total. The summed E-state index contributed by atoms with van der Waals surface area (Å²) in [5.41, 5.74) is 5.84. The maximum Gasteiger partial charge on any atom is 0.401 e. The van der Waals surface area contributed by atoms with Gasteiger partial charge >= 0.3 is 6.18 Å². The van der Waals surface area contributed by atoms with Gasteiger partial charge in [-0.25, -0.2) is 0 Å². The lowest BCUT2D eigenvalue weighted by Crippen LogP contribution is -2.52. The number of halogens is 3. The average molecular weight is 267 g/mol. The van der Waals surface area contributed by atoms with E-state index in [4.69, 9.17) is 5.73 Å². The van der Waals surface area contributed by atoms with Crippen molar-refractivity contribution in [3.63, 3.8) is 0 Å². The molecule has 0 spiro atoms. The summed E-state index contributed by atoms with van der Waals surface area (Å²) in [7, 11) is 0. The van der Waals surface area contributed by atoms with Crippen LogP contribution in [0, 0.1) is 5.41 Å². The molecule has 108 valence electrons. The van der Waals surface area contributed by atoms with E-state index in [2.05, 4.69) is 18.7 Å². The summed E-state index contributed by atoms with van der Waals surface area (Å²) in [5.74, 6) is 0. The third kappa shape index (κ3) is 5.12. The third-order valence-corrected chi connectivity index (χ3v) is 3.82. The van der Waals surface area contributed by atoms with Gasteiger partial charge < -0.3 is 10.6 Å². The summed E-state index contributed by atoms with van der Waals surface area (Å²) >= 11 is 0. The first-order chi connectivity index (χ1) is 8.28. The lowest BCUT2D eigenvalue weighted by atomic mass is 9.87. The summed E-state index contributed by atoms with van der Waals surface area (Å²) in [4.78, 5) is 3.70. The molecule has 0 aromatic heterocycles. The summed E-state index contributed by atoms with van der Waals surface area (Å²) in [6, 6.07) is 0. The predicted octanol–water partition coefficient (Wildman–Crippen LogP) is 1.54. The van der Waals surface area contributed by atoms with E-state index in [0.29, 0.717) is 32.7 Å². The van der Waals surface area contributed by atoms with Crippen LogP contribution in [0.3, 0.4) is 0 Å². The average Bonchev–Trinajstić information content (AvgIpc) is 2.30. The van der Waals surface area contributed by atoms with Gasteiger partial charge in [0.1, 0.15) is 0 Å². The SMILES string of the molecule is CCC(C)(CN)CN1CCN(CC(F)(F)F)CC1. The van der Waals surface area contributed by atoms with Gasteiger partial charge in [-0.15, -0.1) is 0 Å². The molecule has 3 nitrogen and oxygen atoms in total. The molecule has 1 fully saturated rings. The van der Waals surface area contributed by atoms with Crippen molar-refractivity contribution in [3.05, 3.63) is 0 Å². The number of alkyl halides is 3. The number of nitrogens with two attached hydrogens (primary N) is 1. The van der Waals surface area contributed by atoms with Gasteiger partial charge in [-0.3, -0.25) is 4.90 Å². The molecule has 6 heteroatoms. The fraction of sp³-hybridized carbons (Fsp3) is 1.00. The van der Waals surface area contributed by atoms with Crippen LogP contribution in [0.2, 0.25) is 0 Å². The molecule has 1 rings (SSSR count). The summed E-state index contributed by atoms with van der Waals surface area (Å²) in [6.45, 7) is 7.32. The standard InChI is InChI=1S/C12H24F3N3/c1-3-11(2,8-16)9-17-4-6-18(7-5-17)10-12(13,14)15/h3-10,16H2,1-2H3. The zero-order chi connectivity index (χ0) is 13.8. The van der Waals surface area contributed by atoms with Crippen LogP contribution >= 0.6 is 0 Å². The van der Waals surface area contributed by atoms with Crippen molar-refractivity contribution in [2.24, 2.45) is 11.1 Å². The van der Waals surface area contributed by atoms with E-state index in [1.54, 1.807) is 0 Å². The minimum Gasteiger partial charge on any atom is -0.330 e. The second kappa shape index (κ2) is 6.21. The van der Waals surface area contributed by atoms with E-state index in [0.717, 1.165) is 13.0 Å². The Hall–Kier alpha value is -0.330. The fourth-order valence-electron chi connectivity index (χ4n) is 2.22. The zero-order valence-electron chi connectivity index (χ0n) is 11.3. The quantitative estimate of drug-likeness (QED) is 0.820. The highest BCUT2D eigenvalue weighted by Gasteiger charge is 2.33. The first kappa shape index (κ1) is 15.7. The van der Waals surface area contributed by atoms with Gasteiger partial charge in [0.25, 0.3) is 0 Å². The first-order valence-corrected chi connectivity index (χ1v) is 6.49. The van der Waals surface area contributed by atoms with Crippen LogP contribution < -0.4 is 5.73 Å². The second-order valence-corrected chi connectivity index (χ2v) is 5.54. The Morgan fingerprint density at radius 2 is 1.44 bits per heavy atom. The van der Waals surface area contributed by atoms with Crippen LogP contribution in [0.4, 0.5) is 13.2 Å². The van der Waals surface area contributed by atoms with Crippen LogP contribution in [0.1, 0.15) is 20.3 Å². The van der Waals surface area contributed by atoms with Crippen molar-refractivity contribution < 1.29 is 13.2 Å². The van der Waals surface area contributed by atoms with E-state index in [1.165, 1.54) is 4.90 Å². The van der Waals surface area contributed by atoms with Crippen molar-refractivity contribution in [1.82, 2.24) is 9.80 Å². The molecule has 1 unspecified atom stereocenters. The Bertz CT molecular complexity index is 243. The molecule has 0 aromatic rings. The topological polar surface area (TPSA) is 32.5 Å². The molecular formula is C12H24F3N3. The van der Waals surface area contributed by atoms with Crippen molar-refractivity contribution in [2.75, 3.05) is 45.8 Å². The van der Waals surface area contributed by atoms with Gasteiger partial charge in [0.05, 0.1) is 6.54 Å². The second-order valence-electron chi connectivity index (χ2n) is 5.54. The Kier molecular flexibility index (Phi) is 5.43. The van der Waals surface area contributed by atoms with Crippen LogP contribution in [0.5, 0.6) is 0 Å². The number of nitrogens with zero attached hydrogens (tertiary/aromatic N) is 2. The largest absolute Gasteiger partial charge is 0.401 e. The molecule has 0 amide bonds. The monoisotopic (exact) mass is 267 g/mol. The minimum atomic E-state index is -4.09. The first-order valence-electron chi connectivity index (χ1n) is 6.49. The summed E-state index contributed by atoms with van der Waals surface area (Å²) < 4.78 is 36.7. The predicted molar refractivity (Wildman–Crippen MR) is 66.4 cm³/mol. The Labute approximate surface area is 107 Å². The molecule has 0 radical (unpaired) electrons. The lowest BCUT2D eigenvalue weighted by molar-refractivity contribution is -0.149. The van der Waals surface area contributed by atoms with Gasteiger partial charge in [0.15, 0.2) is 0 Å². The fourth-order valence-corrected chi connectivity index (χ4v) is 2.22. The number of hydrogen-bond acceptors (Lipinski definition) is 3. The van der Waals surface area contributed by atoms with Crippen LogP contribution in [0.25, 0.3) is 0 Å². The van der Waals surface area contributed by atoms with Gasteiger partial charge in [-0.05, 0) is 18.4 Å². The van der Waals surface area contributed by atoms with Crippen LogP contribution in [0.15, 0.2) is 0 Å². The molecule has 1 saturated heterocycles. The zero-order valence-corrected chi connectivity index (χ0v) is 11.3. The molecule has 0 aromatic carbocycles. The molecule has 0 bridgehead atoms. The van der Waals surface area contributed by atoms with Gasteiger partial charge in [-0.1, -0.05) is 13.8 Å². The summed E-state index contributed by atoms with van der Waals surface area (Å²) in [6.07, 6.45) is -3.09. The number of piperazine rings is 1. The molecule has 0 aliphatic carbocycles. The van der Waals surface area contributed by atoms with Crippen molar-refractivity contribution in [1.29, 1.82) is 0 Å². The molecular weight excluding hydrogens is 243 g/mol. The highest BCUT2D eigenvalue weighted by atomic mass is 19.4. The van der Waals surface area contributed by atoms with E-state index in [-0.39, 0.29) is 5.41 Å². The number of hydrogen-bond donors (Lipinski definition) is 1. The minimum absolute atomic E-state index is 0.0756. The Morgan fingerprint density at radius 3 is 1.78 bits per heavy atom. The van der Waals surface area contributed by atoms with Crippen LogP contribution in [-0.4, -0.2) is 61.8 Å². The normalized spacial score (nSPS) is 23.0. The highest BCUT2D eigenvalue weighted by Crippen LogP contribution is 2.22. The molecule has 18 heavy (non-hydrogen) atoms. The van der Waals surface area contributed by atoms with Crippen LogP contribution in [-0.2, 0) is 0 Å². The van der Waals surface area contributed by atoms with Gasteiger partial charge in [0.2, 0.25) is 0 Å². The maximum absolute atomic E-state index is 12.2. The van der Waals surface area contributed by atoms with Crippen molar-refractivity contribution in [3.8, 4) is 0 Å². The lowest BCUT2D eigenvalue weighted by Gasteiger charge is -2.39. The van der Waals surface area contributed by atoms with E-state index in [9.17, 15) is 13.2 Å². The van der Waals surface area contributed by atoms with E-state index in [1.807, 2.05) is 0 Å². The van der Waals surface area contributed by atoms with E-state index >= 15 is 0 Å². The molecule has 1 heterocycles. The number of rotatable bonds is 5. The summed E-state index contributed by atoms with van der Waals surface area (Å²) in [5, 5.41) is 0. The molecule has 1 atom stereocenters. The Morgan fingerprint density at radius 1 is 1.00 bits per heavy atom. The molecule has 0 saturated carbocycles. The highest BCUT2D eigenvalue weighted by molar-refractivity contribution is 4.82. The van der Waals surface area contributed by atoms with Gasteiger partial charge in [-0.2, -0.15) is 13.2 Å². The third-order valence-electron chi connectivity index (χ3n) is 3.82. The smallest absolute Gasteiger partial charge is 0.330 e. The van der Waals surface area contributed by atoms with E-state index < -0.39 is 12.7 Å². The van der Waals surface area contributed by atoms with Crippen molar-refractivity contribution >= 4 is 0 Å². The Balaban J connectivity index is 2.35. The van der Waals surface area contributed by atoms with Crippen molar-refractivity contribution in [2.45, 2.75) is 26.4 Å².